The van der Waals surface area contributed by atoms with Gasteiger partial charge in [0.25, 0.3) is 0 Å². The first kappa shape index (κ1) is 15.8. The molecule has 0 aromatic rings. The zero-order valence-electron chi connectivity index (χ0n) is 13.0. The zero-order chi connectivity index (χ0) is 14.4. The van der Waals surface area contributed by atoms with E-state index in [-0.39, 0.29) is 5.91 Å². The van der Waals surface area contributed by atoms with Gasteiger partial charge in [-0.25, -0.2) is 0 Å². The topological polar surface area (TPSA) is 50.4 Å². The Morgan fingerprint density at radius 1 is 1.20 bits per heavy atom. The molecular weight excluding hydrogens is 252 g/mol. The van der Waals surface area contributed by atoms with E-state index < -0.39 is 0 Å². The molecule has 2 rings (SSSR count). The highest BCUT2D eigenvalue weighted by atomic mass is 16.5. The minimum atomic E-state index is 0.158. The van der Waals surface area contributed by atoms with Gasteiger partial charge in [-0.05, 0) is 57.0 Å². The number of nitrogens with one attached hydrogen (secondary N) is 2. The van der Waals surface area contributed by atoms with Gasteiger partial charge in [-0.15, -0.1) is 0 Å². The van der Waals surface area contributed by atoms with Crippen LogP contribution in [0.4, 0.5) is 0 Å². The van der Waals surface area contributed by atoms with Crippen LogP contribution in [0.5, 0.6) is 0 Å². The molecule has 0 radical (unpaired) electrons. The predicted molar refractivity (Wildman–Crippen MR) is 80.6 cm³/mol. The van der Waals surface area contributed by atoms with Crippen LogP contribution in [0.25, 0.3) is 0 Å². The number of amides is 1. The molecule has 1 aliphatic heterocycles. The maximum absolute atomic E-state index is 12.0. The molecular formula is C16H30N2O2. The Balaban J connectivity index is 1.60. The molecule has 1 heterocycles. The lowest BCUT2D eigenvalue weighted by Crippen LogP contribution is -2.42. The van der Waals surface area contributed by atoms with E-state index in [9.17, 15) is 4.79 Å². The number of carbonyl (C=O) groups excluding carboxylic acids is 1. The summed E-state index contributed by atoms with van der Waals surface area (Å²) in [4.78, 5) is 12.0. The first-order valence-corrected chi connectivity index (χ1v) is 8.27. The van der Waals surface area contributed by atoms with Crippen molar-refractivity contribution < 1.29 is 9.53 Å². The Bertz CT molecular complexity index is 303. The summed E-state index contributed by atoms with van der Waals surface area (Å²) in [5, 5.41) is 6.51. The second-order valence-corrected chi connectivity index (χ2v) is 6.64. The second kappa shape index (κ2) is 7.99. The Labute approximate surface area is 123 Å². The molecule has 1 saturated heterocycles. The first-order chi connectivity index (χ1) is 9.65. The molecule has 2 aliphatic rings. The molecule has 1 aliphatic carbocycles. The van der Waals surface area contributed by atoms with E-state index in [1.54, 1.807) is 0 Å². The number of carbonyl (C=O) groups is 1. The molecule has 0 aromatic heterocycles. The van der Waals surface area contributed by atoms with Gasteiger partial charge in [0.05, 0.1) is 12.7 Å². The van der Waals surface area contributed by atoms with Crippen LogP contribution >= 0.6 is 0 Å². The predicted octanol–water partition coefficient (Wildman–Crippen LogP) is 2.09. The molecule has 3 unspecified atom stereocenters. The fraction of sp³-hybridized carbons (Fsp3) is 0.938. The summed E-state index contributed by atoms with van der Waals surface area (Å²) in [5.41, 5.74) is 0. The van der Waals surface area contributed by atoms with Gasteiger partial charge in [-0.2, -0.15) is 0 Å². The molecule has 1 amide bonds. The fourth-order valence-corrected chi connectivity index (χ4v) is 3.44. The molecule has 3 atom stereocenters. The summed E-state index contributed by atoms with van der Waals surface area (Å²) in [6, 6.07) is 0.373. The monoisotopic (exact) mass is 282 g/mol. The molecule has 20 heavy (non-hydrogen) atoms. The maximum Gasteiger partial charge on any atom is 0.222 e. The third-order valence-corrected chi connectivity index (χ3v) is 4.75. The van der Waals surface area contributed by atoms with Gasteiger partial charge >= 0.3 is 0 Å². The van der Waals surface area contributed by atoms with Crippen LogP contribution in [-0.4, -0.2) is 37.7 Å². The van der Waals surface area contributed by atoms with Crippen LogP contribution in [0.3, 0.4) is 0 Å². The highest BCUT2D eigenvalue weighted by Crippen LogP contribution is 2.28. The minimum absolute atomic E-state index is 0.158. The van der Waals surface area contributed by atoms with Crippen molar-refractivity contribution in [2.45, 2.75) is 64.5 Å². The third kappa shape index (κ3) is 5.06. The quantitative estimate of drug-likeness (QED) is 0.812. The Morgan fingerprint density at radius 2 is 1.95 bits per heavy atom. The van der Waals surface area contributed by atoms with Gasteiger partial charge in [0.2, 0.25) is 5.91 Å². The Hall–Kier alpha value is -0.610. The van der Waals surface area contributed by atoms with Crippen molar-refractivity contribution in [2.24, 2.45) is 11.8 Å². The van der Waals surface area contributed by atoms with Crippen LogP contribution in [0, 0.1) is 11.8 Å². The van der Waals surface area contributed by atoms with E-state index in [2.05, 4.69) is 24.5 Å². The van der Waals surface area contributed by atoms with Crippen LogP contribution in [0.2, 0.25) is 0 Å². The van der Waals surface area contributed by atoms with E-state index in [1.165, 1.54) is 12.8 Å². The minimum Gasteiger partial charge on any atom is -0.378 e. The molecule has 4 heteroatoms. The van der Waals surface area contributed by atoms with Crippen molar-refractivity contribution in [2.75, 3.05) is 19.7 Å². The van der Waals surface area contributed by atoms with E-state index >= 15 is 0 Å². The average Bonchev–Trinajstić information content (AvgIpc) is 2.43. The molecule has 4 nitrogen and oxygen atoms in total. The largest absolute Gasteiger partial charge is 0.378 e. The van der Waals surface area contributed by atoms with Crippen LogP contribution < -0.4 is 10.6 Å². The van der Waals surface area contributed by atoms with E-state index in [0.29, 0.717) is 31.1 Å². The third-order valence-electron chi connectivity index (χ3n) is 4.75. The van der Waals surface area contributed by atoms with E-state index in [4.69, 9.17) is 4.74 Å². The lowest BCUT2D eigenvalue weighted by Gasteiger charge is -2.33. The molecule has 1 saturated carbocycles. The van der Waals surface area contributed by atoms with Crippen LogP contribution in [0.15, 0.2) is 0 Å². The van der Waals surface area contributed by atoms with Crippen LogP contribution in [0.1, 0.15) is 52.4 Å². The standard InChI is InChI=1S/C16H30N2O2/c1-12-3-4-15(13(2)11-12)18-16(19)7-10-20-14-5-8-17-9-6-14/h12-15,17H,3-11H2,1-2H3,(H,18,19). The van der Waals surface area contributed by atoms with Gasteiger partial charge in [-0.1, -0.05) is 13.8 Å². The van der Waals surface area contributed by atoms with Crippen molar-refractivity contribution in [3.8, 4) is 0 Å². The SMILES string of the molecule is CC1CCC(NC(=O)CCOC2CCNCC2)C(C)C1. The second-order valence-electron chi connectivity index (χ2n) is 6.64. The smallest absolute Gasteiger partial charge is 0.222 e. The summed E-state index contributed by atoms with van der Waals surface area (Å²) in [6.45, 7) is 7.20. The normalized spacial score (nSPS) is 32.0. The number of ether oxygens (including phenoxy) is 1. The first-order valence-electron chi connectivity index (χ1n) is 8.27. The molecule has 0 bridgehead atoms. The molecule has 0 spiro atoms. The van der Waals surface area contributed by atoms with Gasteiger partial charge in [-0.3, -0.25) is 4.79 Å². The van der Waals surface area contributed by atoms with Crippen LogP contribution in [-0.2, 0) is 9.53 Å². The van der Waals surface area contributed by atoms with E-state index in [1.807, 2.05) is 0 Å². The van der Waals surface area contributed by atoms with Gasteiger partial charge in [0.1, 0.15) is 0 Å². The summed E-state index contributed by atoms with van der Waals surface area (Å²) in [6.07, 6.45) is 6.58. The number of piperidine rings is 1. The number of hydrogen-bond donors (Lipinski definition) is 2. The zero-order valence-corrected chi connectivity index (χ0v) is 13.0. The lowest BCUT2D eigenvalue weighted by molar-refractivity contribution is -0.124. The summed E-state index contributed by atoms with van der Waals surface area (Å²) in [5.74, 6) is 1.57. The van der Waals surface area contributed by atoms with Crippen molar-refractivity contribution in [3.63, 3.8) is 0 Å². The summed E-state index contributed by atoms with van der Waals surface area (Å²) < 4.78 is 5.79. The van der Waals surface area contributed by atoms with Gasteiger partial charge in [0, 0.05) is 12.5 Å². The average molecular weight is 282 g/mol. The Morgan fingerprint density at radius 3 is 2.65 bits per heavy atom. The lowest BCUT2D eigenvalue weighted by atomic mass is 9.80. The van der Waals surface area contributed by atoms with Crippen molar-refractivity contribution in [3.05, 3.63) is 0 Å². The molecule has 2 N–H and O–H groups in total. The van der Waals surface area contributed by atoms with Crippen molar-refractivity contribution >= 4 is 5.91 Å². The summed E-state index contributed by atoms with van der Waals surface area (Å²) in [7, 11) is 0. The van der Waals surface area contributed by atoms with Gasteiger partial charge < -0.3 is 15.4 Å². The highest BCUT2D eigenvalue weighted by molar-refractivity contribution is 5.76. The fourth-order valence-electron chi connectivity index (χ4n) is 3.44. The molecule has 2 fully saturated rings. The van der Waals surface area contributed by atoms with Crippen molar-refractivity contribution in [1.82, 2.24) is 10.6 Å². The number of rotatable bonds is 5. The van der Waals surface area contributed by atoms with Gasteiger partial charge in [0.15, 0.2) is 0 Å². The number of hydrogen-bond acceptors (Lipinski definition) is 3. The van der Waals surface area contributed by atoms with Crippen molar-refractivity contribution in [1.29, 1.82) is 0 Å². The summed E-state index contributed by atoms with van der Waals surface area (Å²) >= 11 is 0. The maximum atomic E-state index is 12.0. The molecule has 116 valence electrons. The highest BCUT2D eigenvalue weighted by Gasteiger charge is 2.26. The Kier molecular flexibility index (Phi) is 6.30. The molecule has 0 aromatic carbocycles. The van der Waals surface area contributed by atoms with E-state index in [0.717, 1.165) is 38.3 Å².